The number of rotatable bonds is 5. The van der Waals surface area contributed by atoms with Crippen LogP contribution in [0.2, 0.25) is 0 Å². The zero-order chi connectivity index (χ0) is 18.7. The number of hydrogen-bond acceptors (Lipinski definition) is 6. The third kappa shape index (κ3) is 3.94. The van der Waals surface area contributed by atoms with Crippen LogP contribution >= 0.6 is 0 Å². The Balaban J connectivity index is 1.96. The van der Waals surface area contributed by atoms with Crippen molar-refractivity contribution in [3.8, 4) is 0 Å². The van der Waals surface area contributed by atoms with E-state index in [4.69, 9.17) is 4.74 Å². The summed E-state index contributed by atoms with van der Waals surface area (Å²) in [5, 5.41) is 11.3. The quantitative estimate of drug-likeness (QED) is 0.635. The van der Waals surface area contributed by atoms with Crippen LogP contribution in [-0.2, 0) is 14.8 Å². The highest BCUT2D eigenvalue weighted by Gasteiger charge is 2.23. The van der Waals surface area contributed by atoms with Gasteiger partial charge in [-0.1, -0.05) is 17.7 Å². The summed E-state index contributed by atoms with van der Waals surface area (Å²) in [7, 11) is -3.93. The lowest BCUT2D eigenvalue weighted by Gasteiger charge is -2.29. The number of sulfonamides is 1. The zero-order valence-electron chi connectivity index (χ0n) is 14.2. The molecule has 2 aromatic carbocycles. The smallest absolute Gasteiger partial charge is 0.293 e. The second-order valence-electron chi connectivity index (χ2n) is 5.98. The predicted octanol–water partition coefficient (Wildman–Crippen LogP) is 2.54. The SMILES string of the molecule is Cc1ccc(S(=O)(=O)Nc2cc(N3CCOCC3)ccc2[N+](=O)[O-])cc1. The van der Waals surface area contributed by atoms with Crippen LogP contribution in [-0.4, -0.2) is 39.6 Å². The van der Waals surface area contributed by atoms with Crippen LogP contribution in [0, 0.1) is 17.0 Å². The van der Waals surface area contributed by atoms with E-state index < -0.39 is 14.9 Å². The molecule has 3 rings (SSSR count). The minimum atomic E-state index is -3.93. The molecule has 8 nitrogen and oxygen atoms in total. The van der Waals surface area contributed by atoms with Crippen molar-refractivity contribution in [2.24, 2.45) is 0 Å². The van der Waals surface area contributed by atoms with Gasteiger partial charge in [-0.3, -0.25) is 14.8 Å². The van der Waals surface area contributed by atoms with Crippen LogP contribution in [0.5, 0.6) is 0 Å². The van der Waals surface area contributed by atoms with E-state index in [0.29, 0.717) is 32.0 Å². The van der Waals surface area contributed by atoms with Gasteiger partial charge in [-0.05, 0) is 31.2 Å². The van der Waals surface area contributed by atoms with Crippen molar-refractivity contribution in [1.29, 1.82) is 0 Å². The van der Waals surface area contributed by atoms with E-state index in [2.05, 4.69) is 4.72 Å². The predicted molar refractivity (Wildman–Crippen MR) is 98.1 cm³/mol. The van der Waals surface area contributed by atoms with Crippen LogP contribution in [0.4, 0.5) is 17.1 Å². The van der Waals surface area contributed by atoms with Gasteiger partial charge in [0.05, 0.1) is 23.0 Å². The molecule has 138 valence electrons. The monoisotopic (exact) mass is 377 g/mol. The van der Waals surface area contributed by atoms with E-state index in [1.807, 2.05) is 11.8 Å². The van der Waals surface area contributed by atoms with E-state index in [1.165, 1.54) is 24.3 Å². The highest BCUT2D eigenvalue weighted by molar-refractivity contribution is 7.92. The number of nitro benzene ring substituents is 1. The van der Waals surface area contributed by atoms with E-state index in [0.717, 1.165) is 5.56 Å². The molecule has 0 unspecified atom stereocenters. The zero-order valence-corrected chi connectivity index (χ0v) is 15.0. The minimum Gasteiger partial charge on any atom is -0.378 e. The molecule has 0 amide bonds. The number of benzene rings is 2. The van der Waals surface area contributed by atoms with Gasteiger partial charge in [0.15, 0.2) is 0 Å². The summed E-state index contributed by atoms with van der Waals surface area (Å²) in [5.41, 5.74) is 1.28. The molecule has 1 heterocycles. The average Bonchev–Trinajstić information content (AvgIpc) is 2.62. The summed E-state index contributed by atoms with van der Waals surface area (Å²) in [6.45, 7) is 4.24. The fourth-order valence-corrected chi connectivity index (χ4v) is 3.77. The highest BCUT2D eigenvalue weighted by Crippen LogP contribution is 2.31. The normalized spacial score (nSPS) is 14.9. The molecule has 0 bridgehead atoms. The molecule has 0 atom stereocenters. The second-order valence-corrected chi connectivity index (χ2v) is 7.66. The topological polar surface area (TPSA) is 102 Å². The summed E-state index contributed by atoms with van der Waals surface area (Å²) in [5.74, 6) is 0. The van der Waals surface area contributed by atoms with Gasteiger partial charge in [0, 0.05) is 24.8 Å². The van der Waals surface area contributed by atoms with Crippen molar-refractivity contribution in [2.75, 3.05) is 35.9 Å². The lowest BCUT2D eigenvalue weighted by Crippen LogP contribution is -2.36. The van der Waals surface area contributed by atoms with E-state index in [-0.39, 0.29) is 16.3 Å². The van der Waals surface area contributed by atoms with Gasteiger partial charge >= 0.3 is 0 Å². The largest absolute Gasteiger partial charge is 0.378 e. The maximum absolute atomic E-state index is 12.6. The maximum Gasteiger partial charge on any atom is 0.293 e. The standard InChI is InChI=1S/C17H19N3O5S/c1-13-2-5-15(6-3-13)26(23,24)18-16-12-14(4-7-17(16)20(21)22)19-8-10-25-11-9-19/h2-7,12,18H,8-11H2,1H3. The molecule has 26 heavy (non-hydrogen) atoms. The van der Waals surface area contributed by atoms with E-state index in [9.17, 15) is 18.5 Å². The molecular weight excluding hydrogens is 358 g/mol. The molecule has 1 aliphatic heterocycles. The molecule has 9 heteroatoms. The van der Waals surface area contributed by atoms with E-state index >= 15 is 0 Å². The van der Waals surface area contributed by atoms with Crippen molar-refractivity contribution in [3.05, 3.63) is 58.1 Å². The molecule has 1 aliphatic rings. The van der Waals surface area contributed by atoms with Crippen LogP contribution in [0.1, 0.15) is 5.56 Å². The number of aryl methyl sites for hydroxylation is 1. The second kappa shape index (κ2) is 7.30. The van der Waals surface area contributed by atoms with Crippen LogP contribution in [0.3, 0.4) is 0 Å². The van der Waals surface area contributed by atoms with Gasteiger partial charge < -0.3 is 9.64 Å². The molecule has 0 radical (unpaired) electrons. The third-order valence-electron chi connectivity index (χ3n) is 4.13. The van der Waals surface area contributed by atoms with Crippen molar-refractivity contribution in [3.63, 3.8) is 0 Å². The summed E-state index contributed by atoms with van der Waals surface area (Å²) in [6, 6.07) is 10.7. The summed E-state index contributed by atoms with van der Waals surface area (Å²) in [4.78, 5) is 12.8. The summed E-state index contributed by atoms with van der Waals surface area (Å²) in [6.07, 6.45) is 0. The minimum absolute atomic E-state index is 0.0502. The molecule has 0 aromatic heterocycles. The van der Waals surface area contributed by atoms with Crippen molar-refractivity contribution in [1.82, 2.24) is 0 Å². The Kier molecular flexibility index (Phi) is 5.10. The van der Waals surface area contributed by atoms with Crippen molar-refractivity contribution in [2.45, 2.75) is 11.8 Å². The molecule has 0 saturated carbocycles. The van der Waals surface area contributed by atoms with Gasteiger partial charge in [0.25, 0.3) is 15.7 Å². The maximum atomic E-state index is 12.6. The van der Waals surface area contributed by atoms with Gasteiger partial charge in [-0.25, -0.2) is 8.42 Å². The Morgan fingerprint density at radius 2 is 1.77 bits per heavy atom. The number of nitrogens with zero attached hydrogens (tertiary/aromatic N) is 2. The summed E-state index contributed by atoms with van der Waals surface area (Å²) < 4.78 is 32.9. The Morgan fingerprint density at radius 3 is 2.38 bits per heavy atom. The molecule has 0 spiro atoms. The van der Waals surface area contributed by atoms with Crippen LogP contribution < -0.4 is 9.62 Å². The van der Waals surface area contributed by atoms with Crippen molar-refractivity contribution < 1.29 is 18.1 Å². The molecule has 1 saturated heterocycles. The lowest BCUT2D eigenvalue weighted by atomic mass is 10.2. The van der Waals surface area contributed by atoms with Crippen LogP contribution in [0.15, 0.2) is 47.4 Å². The highest BCUT2D eigenvalue weighted by atomic mass is 32.2. The molecular formula is C17H19N3O5S. The lowest BCUT2D eigenvalue weighted by molar-refractivity contribution is -0.383. The molecule has 1 N–H and O–H groups in total. The molecule has 2 aromatic rings. The Labute approximate surface area is 151 Å². The number of nitrogens with one attached hydrogen (secondary N) is 1. The Hall–Kier alpha value is -2.65. The van der Waals surface area contributed by atoms with Crippen LogP contribution in [0.25, 0.3) is 0 Å². The first-order valence-corrected chi connectivity index (χ1v) is 9.56. The summed E-state index contributed by atoms with van der Waals surface area (Å²) >= 11 is 0. The van der Waals surface area contributed by atoms with Crippen molar-refractivity contribution >= 4 is 27.1 Å². The molecule has 0 aliphatic carbocycles. The van der Waals surface area contributed by atoms with Gasteiger partial charge in [-0.2, -0.15) is 0 Å². The first kappa shape index (κ1) is 18.2. The first-order valence-electron chi connectivity index (χ1n) is 8.07. The fourth-order valence-electron chi connectivity index (χ4n) is 2.70. The number of hydrogen-bond donors (Lipinski definition) is 1. The number of ether oxygens (including phenoxy) is 1. The number of nitro groups is 1. The third-order valence-corrected chi connectivity index (χ3v) is 5.51. The Bertz CT molecular complexity index is 906. The molecule has 1 fully saturated rings. The van der Waals surface area contributed by atoms with E-state index in [1.54, 1.807) is 18.2 Å². The van der Waals surface area contributed by atoms with Gasteiger partial charge in [0.1, 0.15) is 5.69 Å². The average molecular weight is 377 g/mol. The van der Waals surface area contributed by atoms with Gasteiger partial charge in [0.2, 0.25) is 0 Å². The fraction of sp³-hybridized carbons (Fsp3) is 0.294. The van der Waals surface area contributed by atoms with Gasteiger partial charge in [-0.15, -0.1) is 0 Å². The number of morpholine rings is 1. The first-order chi connectivity index (χ1) is 12.4. The Morgan fingerprint density at radius 1 is 1.12 bits per heavy atom. The number of anilines is 2.